The molecule has 0 aliphatic carbocycles. The highest BCUT2D eigenvalue weighted by atomic mass is 32.2. The molecule has 1 aliphatic heterocycles. The molecule has 3 aromatic carbocycles. The number of aryl methyl sites for hydroxylation is 1. The van der Waals surface area contributed by atoms with E-state index in [1.54, 1.807) is 41.3 Å². The van der Waals surface area contributed by atoms with Crippen molar-refractivity contribution in [1.29, 1.82) is 0 Å². The molecule has 0 bridgehead atoms. The molecule has 1 atom stereocenters. The highest BCUT2D eigenvalue weighted by Crippen LogP contribution is 2.43. The van der Waals surface area contributed by atoms with E-state index < -0.39 is 15.4 Å². The minimum absolute atomic E-state index is 0.0276. The fourth-order valence-corrected chi connectivity index (χ4v) is 4.97. The number of amides is 1. The molecule has 0 saturated carbocycles. The van der Waals surface area contributed by atoms with Crippen molar-refractivity contribution in [3.63, 3.8) is 0 Å². The molecular formula is C26H26N2O3S. The molecule has 32 heavy (non-hydrogen) atoms. The zero-order chi connectivity index (χ0) is 22.8. The molecule has 1 unspecified atom stereocenters. The summed E-state index contributed by atoms with van der Waals surface area (Å²) in [5.74, 6) is -0.0276. The first kappa shape index (κ1) is 22.0. The largest absolute Gasteiger partial charge is 0.307 e. The summed E-state index contributed by atoms with van der Waals surface area (Å²) in [5.41, 5.74) is 2.98. The van der Waals surface area contributed by atoms with Gasteiger partial charge in [-0.05, 0) is 43.2 Å². The number of anilines is 1. The van der Waals surface area contributed by atoms with E-state index in [-0.39, 0.29) is 17.3 Å². The molecule has 1 heterocycles. The smallest absolute Gasteiger partial charge is 0.241 e. The summed E-state index contributed by atoms with van der Waals surface area (Å²) < 4.78 is 27.6. The molecule has 0 radical (unpaired) electrons. The van der Waals surface area contributed by atoms with Gasteiger partial charge in [-0.25, -0.2) is 13.1 Å². The van der Waals surface area contributed by atoms with E-state index in [0.29, 0.717) is 6.54 Å². The normalized spacial score (nSPS) is 18.3. The van der Waals surface area contributed by atoms with E-state index in [1.807, 2.05) is 68.4 Å². The molecule has 1 N–H and O–H groups in total. The molecule has 4 rings (SSSR count). The Balaban J connectivity index is 1.53. The van der Waals surface area contributed by atoms with Crippen LogP contribution in [0.5, 0.6) is 0 Å². The first-order valence-corrected chi connectivity index (χ1v) is 12.0. The SMILES string of the molecule is Cc1ccc(S(=O)(=O)NC/C=C/C2(C)C(=O)N(Cc3ccccc3)c3ccccc32)cc1. The van der Waals surface area contributed by atoms with E-state index in [1.165, 1.54) is 0 Å². The number of para-hydroxylation sites is 1. The second kappa shape index (κ2) is 8.73. The van der Waals surface area contributed by atoms with Crippen molar-refractivity contribution in [3.05, 3.63) is 108 Å². The van der Waals surface area contributed by atoms with Crippen LogP contribution < -0.4 is 9.62 Å². The van der Waals surface area contributed by atoms with Crippen LogP contribution in [-0.4, -0.2) is 20.9 Å². The topological polar surface area (TPSA) is 66.5 Å². The zero-order valence-corrected chi connectivity index (χ0v) is 19.0. The third kappa shape index (κ3) is 4.24. The Morgan fingerprint density at radius 3 is 2.31 bits per heavy atom. The van der Waals surface area contributed by atoms with Gasteiger partial charge in [-0.3, -0.25) is 4.79 Å². The Morgan fingerprint density at radius 2 is 1.59 bits per heavy atom. The Hall–Kier alpha value is -3.22. The molecule has 6 heteroatoms. The van der Waals surface area contributed by atoms with Crippen molar-refractivity contribution in [1.82, 2.24) is 4.72 Å². The number of nitrogens with zero attached hydrogens (tertiary/aromatic N) is 1. The van der Waals surface area contributed by atoms with Gasteiger partial charge < -0.3 is 4.90 Å². The number of hydrogen-bond donors (Lipinski definition) is 1. The summed E-state index contributed by atoms with van der Waals surface area (Å²) in [7, 11) is -3.61. The summed E-state index contributed by atoms with van der Waals surface area (Å²) in [6.07, 6.45) is 3.52. The standard InChI is InChI=1S/C26H26N2O3S/c1-20-13-15-22(16-14-20)32(30,31)27-18-8-17-26(2)23-11-6-7-12-24(23)28(25(26)29)19-21-9-4-3-5-10-21/h3-17,27H,18-19H2,1-2H3/b17-8+. The summed E-state index contributed by atoms with van der Waals surface area (Å²) >= 11 is 0. The Kier molecular flexibility index (Phi) is 6.00. The van der Waals surface area contributed by atoms with Crippen molar-refractivity contribution < 1.29 is 13.2 Å². The number of benzene rings is 3. The van der Waals surface area contributed by atoms with Crippen LogP contribution in [0.25, 0.3) is 0 Å². The van der Waals surface area contributed by atoms with Gasteiger partial charge in [0.2, 0.25) is 15.9 Å². The van der Waals surface area contributed by atoms with Crippen LogP contribution in [0.4, 0.5) is 5.69 Å². The highest BCUT2D eigenvalue weighted by molar-refractivity contribution is 7.89. The Labute approximate surface area is 189 Å². The van der Waals surface area contributed by atoms with Crippen LogP contribution >= 0.6 is 0 Å². The number of rotatable bonds is 7. The predicted molar refractivity (Wildman–Crippen MR) is 127 cm³/mol. The molecule has 0 spiro atoms. The number of carbonyl (C=O) groups is 1. The van der Waals surface area contributed by atoms with Gasteiger partial charge in [0, 0.05) is 12.2 Å². The van der Waals surface area contributed by atoms with Crippen LogP contribution in [0, 0.1) is 6.92 Å². The molecule has 0 aromatic heterocycles. The van der Waals surface area contributed by atoms with Crippen LogP contribution in [0.1, 0.15) is 23.6 Å². The van der Waals surface area contributed by atoms with Crippen molar-refractivity contribution in [3.8, 4) is 0 Å². The van der Waals surface area contributed by atoms with Gasteiger partial charge in [0.05, 0.1) is 16.9 Å². The van der Waals surface area contributed by atoms with Gasteiger partial charge in [0.1, 0.15) is 0 Å². The van der Waals surface area contributed by atoms with Crippen LogP contribution in [0.3, 0.4) is 0 Å². The first-order chi connectivity index (χ1) is 15.3. The van der Waals surface area contributed by atoms with Crippen LogP contribution in [0.15, 0.2) is 95.9 Å². The average molecular weight is 447 g/mol. The van der Waals surface area contributed by atoms with Crippen LogP contribution in [0.2, 0.25) is 0 Å². The third-order valence-corrected chi connectivity index (χ3v) is 7.24. The fourth-order valence-electron chi connectivity index (χ4n) is 3.99. The lowest BCUT2D eigenvalue weighted by molar-refractivity contribution is -0.121. The number of carbonyl (C=O) groups excluding carboxylic acids is 1. The van der Waals surface area contributed by atoms with Crippen LogP contribution in [-0.2, 0) is 26.8 Å². The lowest BCUT2D eigenvalue weighted by Crippen LogP contribution is -2.36. The number of hydrogen-bond acceptors (Lipinski definition) is 3. The maximum Gasteiger partial charge on any atom is 0.241 e. The van der Waals surface area contributed by atoms with E-state index in [2.05, 4.69) is 4.72 Å². The summed E-state index contributed by atoms with van der Waals surface area (Å²) in [6.45, 7) is 4.37. The maximum absolute atomic E-state index is 13.5. The van der Waals surface area contributed by atoms with Gasteiger partial charge in [-0.15, -0.1) is 0 Å². The fraction of sp³-hybridized carbons (Fsp3) is 0.192. The minimum atomic E-state index is -3.61. The summed E-state index contributed by atoms with van der Waals surface area (Å²) in [5, 5.41) is 0. The van der Waals surface area contributed by atoms with Gasteiger partial charge in [-0.1, -0.05) is 78.4 Å². The van der Waals surface area contributed by atoms with E-state index in [4.69, 9.17) is 0 Å². The van der Waals surface area contributed by atoms with Crippen molar-refractivity contribution in [2.45, 2.75) is 30.7 Å². The monoisotopic (exact) mass is 446 g/mol. The van der Waals surface area contributed by atoms with Gasteiger partial charge in [-0.2, -0.15) is 0 Å². The average Bonchev–Trinajstić information content (AvgIpc) is 3.00. The first-order valence-electron chi connectivity index (χ1n) is 10.5. The number of fused-ring (bicyclic) bond motifs is 1. The maximum atomic E-state index is 13.5. The molecule has 3 aromatic rings. The lowest BCUT2D eigenvalue weighted by Gasteiger charge is -2.21. The Morgan fingerprint density at radius 1 is 0.938 bits per heavy atom. The molecule has 0 fully saturated rings. The van der Waals surface area contributed by atoms with E-state index >= 15 is 0 Å². The number of sulfonamides is 1. The zero-order valence-electron chi connectivity index (χ0n) is 18.2. The predicted octanol–water partition coefficient (Wildman–Crippen LogP) is 4.33. The van der Waals surface area contributed by atoms with Crippen molar-refractivity contribution >= 4 is 21.6 Å². The Bertz CT molecular complexity index is 1250. The minimum Gasteiger partial charge on any atom is -0.307 e. The quantitative estimate of drug-likeness (QED) is 0.549. The van der Waals surface area contributed by atoms with E-state index in [9.17, 15) is 13.2 Å². The van der Waals surface area contributed by atoms with Gasteiger partial charge in [0.15, 0.2) is 0 Å². The molecule has 164 valence electrons. The van der Waals surface area contributed by atoms with E-state index in [0.717, 1.165) is 22.4 Å². The van der Waals surface area contributed by atoms with Gasteiger partial charge in [0.25, 0.3) is 0 Å². The third-order valence-electron chi connectivity index (χ3n) is 5.80. The summed E-state index contributed by atoms with van der Waals surface area (Å²) in [6, 6.07) is 24.3. The highest BCUT2D eigenvalue weighted by Gasteiger charge is 2.45. The van der Waals surface area contributed by atoms with Crippen molar-refractivity contribution in [2.24, 2.45) is 0 Å². The second-order valence-electron chi connectivity index (χ2n) is 8.16. The van der Waals surface area contributed by atoms with Crippen molar-refractivity contribution in [2.75, 3.05) is 11.4 Å². The molecule has 0 saturated heterocycles. The number of nitrogens with one attached hydrogen (secondary N) is 1. The second-order valence-corrected chi connectivity index (χ2v) is 9.93. The lowest BCUT2D eigenvalue weighted by atomic mass is 9.83. The molecule has 1 amide bonds. The summed E-state index contributed by atoms with van der Waals surface area (Å²) in [4.78, 5) is 15.5. The molecule has 5 nitrogen and oxygen atoms in total. The van der Waals surface area contributed by atoms with Gasteiger partial charge >= 0.3 is 0 Å². The molecule has 1 aliphatic rings. The molecular weight excluding hydrogens is 420 g/mol.